The molecule has 1 aromatic heterocycles. The van der Waals surface area contributed by atoms with Crippen LogP contribution in [0.3, 0.4) is 0 Å². The first-order valence-corrected chi connectivity index (χ1v) is 7.77. The molecule has 1 atom stereocenters. The summed E-state index contributed by atoms with van der Waals surface area (Å²) in [4.78, 5) is 0.708. The van der Waals surface area contributed by atoms with Crippen LogP contribution in [-0.4, -0.2) is 14.6 Å². The lowest BCUT2D eigenvalue weighted by Gasteiger charge is -2.08. The van der Waals surface area contributed by atoms with E-state index in [0.29, 0.717) is 4.83 Å². The van der Waals surface area contributed by atoms with Crippen molar-refractivity contribution in [1.82, 2.24) is 9.78 Å². The van der Waals surface area contributed by atoms with E-state index in [4.69, 9.17) is 11.6 Å². The summed E-state index contributed by atoms with van der Waals surface area (Å²) in [6.45, 7) is 2.10. The second-order valence-corrected chi connectivity index (χ2v) is 6.48. The van der Waals surface area contributed by atoms with Crippen LogP contribution in [0.2, 0.25) is 5.02 Å². The molecule has 96 valence electrons. The SMILES string of the molecule is CCc1nn(C)c(CCCC(Br)C2CC2)c1Cl. The minimum atomic E-state index is 0.708. The largest absolute Gasteiger partial charge is 0.271 e. The summed E-state index contributed by atoms with van der Waals surface area (Å²) in [6.07, 6.45) is 7.19. The fraction of sp³-hybridized carbons (Fsp3) is 0.769. The molecule has 0 amide bonds. The van der Waals surface area contributed by atoms with Gasteiger partial charge in [-0.3, -0.25) is 4.68 Å². The van der Waals surface area contributed by atoms with Crippen LogP contribution < -0.4 is 0 Å². The predicted molar refractivity (Wildman–Crippen MR) is 76.0 cm³/mol. The van der Waals surface area contributed by atoms with E-state index in [2.05, 4.69) is 28.0 Å². The van der Waals surface area contributed by atoms with Crippen LogP contribution in [-0.2, 0) is 19.9 Å². The van der Waals surface area contributed by atoms with Crippen LogP contribution in [0.15, 0.2) is 0 Å². The van der Waals surface area contributed by atoms with Crippen LogP contribution >= 0.6 is 27.5 Å². The summed E-state index contributed by atoms with van der Waals surface area (Å²) >= 11 is 10.1. The molecule has 0 bridgehead atoms. The molecule has 0 aromatic carbocycles. The monoisotopic (exact) mass is 318 g/mol. The summed E-state index contributed by atoms with van der Waals surface area (Å²) in [5.74, 6) is 0.934. The van der Waals surface area contributed by atoms with Gasteiger partial charge in [0.2, 0.25) is 0 Å². The van der Waals surface area contributed by atoms with Gasteiger partial charge in [0.25, 0.3) is 0 Å². The van der Waals surface area contributed by atoms with Crippen molar-refractivity contribution >= 4 is 27.5 Å². The van der Waals surface area contributed by atoms with Crippen molar-refractivity contribution in [1.29, 1.82) is 0 Å². The van der Waals surface area contributed by atoms with Gasteiger partial charge in [0, 0.05) is 11.9 Å². The predicted octanol–water partition coefficient (Wildman–Crippen LogP) is 4.13. The van der Waals surface area contributed by atoms with E-state index >= 15 is 0 Å². The number of nitrogens with zero attached hydrogens (tertiary/aromatic N) is 2. The summed E-state index contributed by atoms with van der Waals surface area (Å²) in [5.41, 5.74) is 2.22. The second-order valence-electron chi connectivity index (χ2n) is 4.93. The van der Waals surface area contributed by atoms with Crippen molar-refractivity contribution in [2.45, 2.75) is 50.3 Å². The lowest BCUT2D eigenvalue weighted by Crippen LogP contribution is -2.03. The van der Waals surface area contributed by atoms with E-state index in [-0.39, 0.29) is 0 Å². The van der Waals surface area contributed by atoms with Crippen molar-refractivity contribution in [2.75, 3.05) is 0 Å². The number of aryl methyl sites for hydroxylation is 2. The maximum atomic E-state index is 6.32. The van der Waals surface area contributed by atoms with Gasteiger partial charge in [-0.15, -0.1) is 0 Å². The Kier molecular flexibility index (Phi) is 4.53. The van der Waals surface area contributed by atoms with E-state index in [9.17, 15) is 0 Å². The van der Waals surface area contributed by atoms with Gasteiger partial charge in [0.1, 0.15) is 0 Å². The minimum absolute atomic E-state index is 0.708. The standard InChI is InChI=1S/C13H20BrClN2/c1-3-11-13(15)12(17(2)16-11)6-4-5-10(14)9-7-8-9/h9-10H,3-8H2,1-2H3. The average Bonchev–Trinajstić information content (AvgIpc) is 3.10. The van der Waals surface area contributed by atoms with Gasteiger partial charge in [-0.1, -0.05) is 34.5 Å². The van der Waals surface area contributed by atoms with Gasteiger partial charge in [-0.05, 0) is 44.4 Å². The summed E-state index contributed by atoms with van der Waals surface area (Å²) < 4.78 is 1.95. The lowest BCUT2D eigenvalue weighted by molar-refractivity contribution is 0.622. The number of halogens is 2. The summed E-state index contributed by atoms with van der Waals surface area (Å²) in [6, 6.07) is 0. The quantitative estimate of drug-likeness (QED) is 0.721. The van der Waals surface area contributed by atoms with Crippen LogP contribution in [0.1, 0.15) is 44.0 Å². The zero-order valence-electron chi connectivity index (χ0n) is 10.5. The summed E-state index contributed by atoms with van der Waals surface area (Å²) in [5, 5.41) is 5.33. The maximum absolute atomic E-state index is 6.32. The van der Waals surface area contributed by atoms with Crippen LogP contribution in [0, 0.1) is 5.92 Å². The van der Waals surface area contributed by atoms with Crippen molar-refractivity contribution in [3.63, 3.8) is 0 Å². The summed E-state index contributed by atoms with van der Waals surface area (Å²) in [7, 11) is 1.99. The molecular formula is C13H20BrClN2. The van der Waals surface area contributed by atoms with Gasteiger partial charge in [0.05, 0.1) is 16.4 Å². The van der Waals surface area contributed by atoms with Gasteiger partial charge in [0.15, 0.2) is 0 Å². The molecule has 1 aliphatic carbocycles. The van der Waals surface area contributed by atoms with Gasteiger partial charge in [-0.25, -0.2) is 0 Å². The fourth-order valence-corrected chi connectivity index (χ4v) is 3.49. The Bertz CT molecular complexity index is 385. The highest BCUT2D eigenvalue weighted by molar-refractivity contribution is 9.09. The molecule has 2 rings (SSSR count). The molecule has 0 saturated heterocycles. The highest BCUT2D eigenvalue weighted by atomic mass is 79.9. The Hall–Kier alpha value is -0.0200. The Morgan fingerprint density at radius 2 is 2.24 bits per heavy atom. The Morgan fingerprint density at radius 3 is 2.76 bits per heavy atom. The van der Waals surface area contributed by atoms with Crippen molar-refractivity contribution in [3.8, 4) is 0 Å². The molecule has 2 nitrogen and oxygen atoms in total. The normalized spacial score (nSPS) is 17.4. The van der Waals surface area contributed by atoms with Crippen molar-refractivity contribution in [3.05, 3.63) is 16.4 Å². The zero-order chi connectivity index (χ0) is 12.4. The topological polar surface area (TPSA) is 17.8 Å². The van der Waals surface area contributed by atoms with Crippen molar-refractivity contribution < 1.29 is 0 Å². The molecule has 17 heavy (non-hydrogen) atoms. The first-order chi connectivity index (χ1) is 8.13. The molecule has 1 aliphatic rings. The number of rotatable bonds is 6. The molecule has 1 heterocycles. The lowest BCUT2D eigenvalue weighted by atomic mass is 10.1. The van der Waals surface area contributed by atoms with Crippen LogP contribution in [0.4, 0.5) is 0 Å². The number of aromatic nitrogens is 2. The zero-order valence-corrected chi connectivity index (χ0v) is 12.9. The number of hydrogen-bond acceptors (Lipinski definition) is 1. The molecule has 0 spiro atoms. The van der Waals surface area contributed by atoms with Crippen LogP contribution in [0.25, 0.3) is 0 Å². The van der Waals surface area contributed by atoms with E-state index in [1.54, 1.807) is 0 Å². The molecule has 0 N–H and O–H groups in total. The highest BCUT2D eigenvalue weighted by Gasteiger charge is 2.28. The average molecular weight is 320 g/mol. The second kappa shape index (κ2) is 5.75. The van der Waals surface area contributed by atoms with Crippen LogP contribution in [0.5, 0.6) is 0 Å². The van der Waals surface area contributed by atoms with Gasteiger partial charge < -0.3 is 0 Å². The third-order valence-electron chi connectivity index (χ3n) is 3.53. The number of alkyl halides is 1. The Morgan fingerprint density at radius 1 is 1.53 bits per heavy atom. The third kappa shape index (κ3) is 3.25. The molecule has 1 unspecified atom stereocenters. The molecule has 4 heteroatoms. The molecule has 0 aliphatic heterocycles. The molecule has 1 fully saturated rings. The number of hydrogen-bond donors (Lipinski definition) is 0. The fourth-order valence-electron chi connectivity index (χ4n) is 2.25. The van der Waals surface area contributed by atoms with E-state index in [1.165, 1.54) is 31.4 Å². The van der Waals surface area contributed by atoms with Gasteiger partial charge >= 0.3 is 0 Å². The van der Waals surface area contributed by atoms with E-state index < -0.39 is 0 Å². The first kappa shape index (κ1) is 13.4. The smallest absolute Gasteiger partial charge is 0.0849 e. The highest BCUT2D eigenvalue weighted by Crippen LogP contribution is 2.39. The van der Waals surface area contributed by atoms with E-state index in [1.807, 2.05) is 11.7 Å². The molecule has 0 radical (unpaired) electrons. The first-order valence-electron chi connectivity index (χ1n) is 6.47. The molecule has 1 aromatic rings. The Balaban J connectivity index is 1.87. The van der Waals surface area contributed by atoms with Crippen molar-refractivity contribution in [2.24, 2.45) is 13.0 Å². The third-order valence-corrected chi connectivity index (χ3v) is 5.17. The minimum Gasteiger partial charge on any atom is -0.271 e. The Labute approximate surface area is 117 Å². The molecular weight excluding hydrogens is 300 g/mol. The molecule has 1 saturated carbocycles. The van der Waals surface area contributed by atoms with Gasteiger partial charge in [-0.2, -0.15) is 5.10 Å². The maximum Gasteiger partial charge on any atom is 0.0849 e. The van der Waals surface area contributed by atoms with E-state index in [0.717, 1.165) is 29.5 Å².